The van der Waals surface area contributed by atoms with Crippen LogP contribution in [0.2, 0.25) is 0 Å². The highest BCUT2D eigenvalue weighted by Gasteiger charge is 2.09. The maximum atomic E-state index is 4.40. The summed E-state index contributed by atoms with van der Waals surface area (Å²) < 4.78 is 0. The second kappa shape index (κ2) is 6.32. The lowest BCUT2D eigenvalue weighted by atomic mass is 10.6. The zero-order valence-corrected chi connectivity index (χ0v) is 12.2. The molecular weight excluding hydrogens is 272 g/mol. The first kappa shape index (κ1) is 12.8. The normalized spacial score (nSPS) is 10.7. The first-order valence-electron chi connectivity index (χ1n) is 5.43. The van der Waals surface area contributed by atoms with Crippen LogP contribution in [0.15, 0.2) is 6.20 Å². The zero-order chi connectivity index (χ0) is 12.1. The Labute approximate surface area is 113 Å². The van der Waals surface area contributed by atoms with Gasteiger partial charge in [0.05, 0.1) is 4.88 Å². The highest BCUT2D eigenvalue weighted by atomic mass is 32.2. The molecule has 0 aliphatic carbocycles. The van der Waals surface area contributed by atoms with E-state index >= 15 is 0 Å². The van der Waals surface area contributed by atoms with Gasteiger partial charge in [-0.25, -0.2) is 4.98 Å². The van der Waals surface area contributed by atoms with Crippen molar-refractivity contribution in [1.29, 1.82) is 0 Å². The predicted octanol–water partition coefficient (Wildman–Crippen LogP) is 3.35. The van der Waals surface area contributed by atoms with Crippen LogP contribution in [-0.2, 0) is 5.75 Å². The summed E-state index contributed by atoms with van der Waals surface area (Å²) in [6, 6.07) is 0. The Hall–Kier alpha value is -0.660. The van der Waals surface area contributed by atoms with E-state index in [1.54, 1.807) is 22.7 Å². The smallest absolute Gasteiger partial charge is 0.206 e. The first-order chi connectivity index (χ1) is 8.33. The third-order valence-corrected chi connectivity index (χ3v) is 5.06. The Morgan fingerprint density at radius 2 is 2.18 bits per heavy atom. The van der Waals surface area contributed by atoms with Gasteiger partial charge < -0.3 is 5.32 Å². The largest absolute Gasteiger partial charge is 0.360 e. The summed E-state index contributed by atoms with van der Waals surface area (Å²) in [6.45, 7) is 5.08. The van der Waals surface area contributed by atoms with E-state index in [9.17, 15) is 0 Å². The van der Waals surface area contributed by atoms with Crippen LogP contribution in [0.4, 0.5) is 5.13 Å². The molecule has 92 valence electrons. The molecule has 17 heavy (non-hydrogen) atoms. The lowest BCUT2D eigenvalue weighted by Gasteiger charge is -1.91. The second-order valence-electron chi connectivity index (χ2n) is 3.20. The molecule has 0 aliphatic rings. The molecule has 0 bridgehead atoms. The molecule has 2 aromatic heterocycles. The van der Waals surface area contributed by atoms with Crippen LogP contribution in [0.25, 0.3) is 9.88 Å². The van der Waals surface area contributed by atoms with E-state index < -0.39 is 0 Å². The summed E-state index contributed by atoms with van der Waals surface area (Å²) in [4.78, 5) is 5.51. The van der Waals surface area contributed by atoms with E-state index in [4.69, 9.17) is 0 Å². The Morgan fingerprint density at radius 3 is 2.94 bits per heavy atom. The SMILES string of the molecule is CCNc1nnc(-c2cnc(CSCC)s2)s1. The molecule has 0 unspecified atom stereocenters. The fourth-order valence-corrected chi connectivity index (χ4v) is 3.71. The lowest BCUT2D eigenvalue weighted by molar-refractivity contribution is 1.07. The minimum absolute atomic E-state index is 0.871. The number of thiazole rings is 1. The van der Waals surface area contributed by atoms with E-state index in [1.165, 1.54) is 0 Å². The van der Waals surface area contributed by atoms with Crippen LogP contribution in [0.3, 0.4) is 0 Å². The molecule has 0 spiro atoms. The fourth-order valence-electron chi connectivity index (χ4n) is 1.21. The standard InChI is InChI=1S/C10H14N4S3/c1-3-11-10-14-13-9(17-10)7-5-12-8(16-7)6-15-4-2/h5H,3-4,6H2,1-2H3,(H,11,14). The molecule has 0 fully saturated rings. The number of thioether (sulfide) groups is 1. The molecule has 0 aromatic carbocycles. The van der Waals surface area contributed by atoms with Crippen LogP contribution >= 0.6 is 34.4 Å². The van der Waals surface area contributed by atoms with Gasteiger partial charge in [0.25, 0.3) is 0 Å². The van der Waals surface area contributed by atoms with Crippen molar-refractivity contribution >= 4 is 39.6 Å². The molecule has 0 saturated carbocycles. The fraction of sp³-hybridized carbons (Fsp3) is 0.500. The summed E-state index contributed by atoms with van der Waals surface area (Å²) in [5.41, 5.74) is 0. The van der Waals surface area contributed by atoms with Crippen molar-refractivity contribution in [2.45, 2.75) is 19.6 Å². The van der Waals surface area contributed by atoms with Gasteiger partial charge in [0, 0.05) is 18.5 Å². The van der Waals surface area contributed by atoms with Gasteiger partial charge in [-0.1, -0.05) is 18.3 Å². The van der Waals surface area contributed by atoms with Gasteiger partial charge in [-0.2, -0.15) is 11.8 Å². The van der Waals surface area contributed by atoms with Crippen molar-refractivity contribution in [2.75, 3.05) is 17.6 Å². The van der Waals surface area contributed by atoms with Crippen LogP contribution in [0.1, 0.15) is 18.9 Å². The van der Waals surface area contributed by atoms with E-state index in [1.807, 2.05) is 24.9 Å². The molecule has 2 rings (SSSR count). The van der Waals surface area contributed by atoms with Crippen LogP contribution in [0, 0.1) is 0 Å². The Kier molecular flexibility index (Phi) is 4.75. The average Bonchev–Trinajstić information content (AvgIpc) is 2.95. The van der Waals surface area contributed by atoms with Crippen molar-refractivity contribution in [3.8, 4) is 9.88 Å². The summed E-state index contributed by atoms with van der Waals surface area (Å²) in [5, 5.41) is 14.4. The topological polar surface area (TPSA) is 50.7 Å². The third kappa shape index (κ3) is 3.40. The van der Waals surface area contributed by atoms with Gasteiger partial charge in [-0.3, -0.25) is 0 Å². The van der Waals surface area contributed by atoms with Crippen molar-refractivity contribution in [3.05, 3.63) is 11.2 Å². The zero-order valence-electron chi connectivity index (χ0n) is 9.77. The molecule has 1 N–H and O–H groups in total. The maximum Gasteiger partial charge on any atom is 0.206 e. The predicted molar refractivity (Wildman–Crippen MR) is 77.0 cm³/mol. The quantitative estimate of drug-likeness (QED) is 0.882. The van der Waals surface area contributed by atoms with E-state index in [0.717, 1.165) is 38.1 Å². The number of anilines is 1. The summed E-state index contributed by atoms with van der Waals surface area (Å²) in [7, 11) is 0. The van der Waals surface area contributed by atoms with Crippen molar-refractivity contribution in [3.63, 3.8) is 0 Å². The number of rotatable bonds is 6. The molecule has 2 heterocycles. The van der Waals surface area contributed by atoms with Gasteiger partial charge >= 0.3 is 0 Å². The van der Waals surface area contributed by atoms with Gasteiger partial charge in [0.1, 0.15) is 5.01 Å². The highest BCUT2D eigenvalue weighted by molar-refractivity contribution is 7.98. The highest BCUT2D eigenvalue weighted by Crippen LogP contribution is 2.31. The number of nitrogens with one attached hydrogen (secondary N) is 1. The molecule has 2 aromatic rings. The van der Waals surface area contributed by atoms with E-state index in [-0.39, 0.29) is 0 Å². The average molecular weight is 286 g/mol. The molecule has 0 atom stereocenters. The van der Waals surface area contributed by atoms with Crippen LogP contribution in [-0.4, -0.2) is 27.5 Å². The number of hydrogen-bond acceptors (Lipinski definition) is 7. The Morgan fingerprint density at radius 1 is 1.29 bits per heavy atom. The Balaban J connectivity index is 2.07. The number of nitrogens with zero attached hydrogens (tertiary/aromatic N) is 3. The van der Waals surface area contributed by atoms with Gasteiger partial charge in [0.2, 0.25) is 5.13 Å². The summed E-state index contributed by atoms with van der Waals surface area (Å²) in [6.07, 6.45) is 1.90. The van der Waals surface area contributed by atoms with Crippen LogP contribution in [0.5, 0.6) is 0 Å². The van der Waals surface area contributed by atoms with Gasteiger partial charge in [-0.15, -0.1) is 21.5 Å². The summed E-state index contributed by atoms with van der Waals surface area (Å²) >= 11 is 5.17. The van der Waals surface area contributed by atoms with Crippen molar-refractivity contribution < 1.29 is 0 Å². The minimum Gasteiger partial charge on any atom is -0.360 e. The maximum absolute atomic E-state index is 4.40. The van der Waals surface area contributed by atoms with E-state index in [0.29, 0.717) is 0 Å². The molecular formula is C10H14N4S3. The molecule has 0 aliphatic heterocycles. The molecule has 4 nitrogen and oxygen atoms in total. The van der Waals surface area contributed by atoms with Crippen molar-refractivity contribution in [2.24, 2.45) is 0 Å². The molecule has 7 heteroatoms. The third-order valence-electron chi connectivity index (χ3n) is 1.95. The first-order valence-corrected chi connectivity index (χ1v) is 8.22. The monoisotopic (exact) mass is 286 g/mol. The molecule has 0 amide bonds. The van der Waals surface area contributed by atoms with Gasteiger partial charge in [-0.05, 0) is 12.7 Å². The minimum atomic E-state index is 0.871. The Bertz CT molecular complexity index is 466. The van der Waals surface area contributed by atoms with E-state index in [2.05, 4.69) is 27.4 Å². The number of aromatic nitrogens is 3. The van der Waals surface area contributed by atoms with Crippen molar-refractivity contribution in [1.82, 2.24) is 15.2 Å². The van der Waals surface area contributed by atoms with Crippen LogP contribution < -0.4 is 5.32 Å². The molecule has 0 saturated heterocycles. The molecule has 0 radical (unpaired) electrons. The van der Waals surface area contributed by atoms with Gasteiger partial charge in [0.15, 0.2) is 5.01 Å². The number of hydrogen-bond donors (Lipinski definition) is 1. The summed E-state index contributed by atoms with van der Waals surface area (Å²) in [5.74, 6) is 2.11. The second-order valence-corrected chi connectivity index (χ2v) is 6.57. The lowest BCUT2D eigenvalue weighted by Crippen LogP contribution is -1.94.